The molecule has 0 saturated carbocycles. The lowest BCUT2D eigenvalue weighted by Gasteiger charge is -2.34. The van der Waals surface area contributed by atoms with Gasteiger partial charge in [0.15, 0.2) is 0 Å². The van der Waals surface area contributed by atoms with Crippen LogP contribution in [0.1, 0.15) is 24.9 Å². The van der Waals surface area contributed by atoms with Crippen molar-refractivity contribution in [1.82, 2.24) is 24.9 Å². The maximum atomic E-state index is 12.3. The van der Waals surface area contributed by atoms with Crippen molar-refractivity contribution in [2.75, 3.05) is 33.7 Å². The van der Waals surface area contributed by atoms with E-state index >= 15 is 0 Å². The van der Waals surface area contributed by atoms with Crippen LogP contribution in [-0.4, -0.2) is 70.6 Å². The van der Waals surface area contributed by atoms with Gasteiger partial charge in [0, 0.05) is 38.4 Å². The van der Waals surface area contributed by atoms with Crippen molar-refractivity contribution < 1.29 is 9.90 Å². The van der Waals surface area contributed by atoms with Crippen LogP contribution in [0.3, 0.4) is 0 Å². The molecule has 1 aliphatic rings. The molecule has 22 heavy (non-hydrogen) atoms. The number of aryl methyl sites for hydroxylation is 1. The molecule has 1 aromatic rings. The molecule has 2 heterocycles. The molecule has 0 aliphatic carbocycles. The minimum absolute atomic E-state index is 0.0753. The zero-order chi connectivity index (χ0) is 16.3. The Labute approximate surface area is 131 Å². The number of β-amino-alcohol motifs (C(OH)–C–C–N with tert-alkyl or cyclic N) is 1. The summed E-state index contributed by atoms with van der Waals surface area (Å²) >= 11 is 0. The summed E-state index contributed by atoms with van der Waals surface area (Å²) in [6.45, 7) is 3.64. The van der Waals surface area contributed by atoms with E-state index in [-0.39, 0.29) is 18.0 Å². The lowest BCUT2D eigenvalue weighted by molar-refractivity contribution is 0.0433. The highest BCUT2D eigenvalue weighted by atomic mass is 16.3. The highest BCUT2D eigenvalue weighted by Crippen LogP contribution is 2.18. The summed E-state index contributed by atoms with van der Waals surface area (Å²) in [7, 11) is 5.84. The van der Waals surface area contributed by atoms with Crippen LogP contribution in [0.5, 0.6) is 0 Å². The molecule has 1 fully saturated rings. The highest BCUT2D eigenvalue weighted by molar-refractivity contribution is 5.74. The number of hydrogen-bond donors (Lipinski definition) is 2. The molecule has 2 N–H and O–H groups in total. The van der Waals surface area contributed by atoms with Gasteiger partial charge in [0.1, 0.15) is 0 Å². The lowest BCUT2D eigenvalue weighted by Crippen LogP contribution is -2.50. The van der Waals surface area contributed by atoms with Gasteiger partial charge in [-0.05, 0) is 26.4 Å². The predicted octanol–water partition coefficient (Wildman–Crippen LogP) is 0.435. The molecule has 1 aromatic heterocycles. The topological polar surface area (TPSA) is 73.6 Å². The van der Waals surface area contributed by atoms with Crippen LogP contribution in [-0.2, 0) is 7.05 Å². The quantitative estimate of drug-likeness (QED) is 0.846. The number of amides is 2. The minimum atomic E-state index is -0.428. The monoisotopic (exact) mass is 309 g/mol. The van der Waals surface area contributed by atoms with Gasteiger partial charge in [0.25, 0.3) is 0 Å². The molecule has 3 atom stereocenters. The zero-order valence-electron chi connectivity index (χ0n) is 13.9. The number of piperidine rings is 1. The van der Waals surface area contributed by atoms with Crippen molar-refractivity contribution in [2.24, 2.45) is 13.0 Å². The molecule has 0 spiro atoms. The number of hydrogen-bond acceptors (Lipinski definition) is 4. The molecule has 7 nitrogen and oxygen atoms in total. The molecule has 124 valence electrons. The van der Waals surface area contributed by atoms with Gasteiger partial charge < -0.3 is 20.2 Å². The van der Waals surface area contributed by atoms with Crippen LogP contribution in [0.15, 0.2) is 12.4 Å². The fraction of sp³-hybridized carbons (Fsp3) is 0.733. The Hall–Kier alpha value is -1.60. The molecule has 2 amide bonds. The number of urea groups is 1. The first-order valence-corrected chi connectivity index (χ1v) is 7.74. The Bertz CT molecular complexity index is 502. The smallest absolute Gasteiger partial charge is 0.317 e. The number of likely N-dealkylation sites (tertiary alicyclic amines) is 1. The van der Waals surface area contributed by atoms with E-state index in [1.54, 1.807) is 9.58 Å². The van der Waals surface area contributed by atoms with Crippen LogP contribution in [0.25, 0.3) is 0 Å². The second-order valence-electron chi connectivity index (χ2n) is 6.39. The SMILES string of the molecule is CC1CCN(C(=O)NCC(c2cnn(C)c2)N(C)C)CC1O. The molecular formula is C15H27N5O2. The third-order valence-corrected chi connectivity index (χ3v) is 4.39. The van der Waals surface area contributed by atoms with Crippen molar-refractivity contribution in [3.05, 3.63) is 18.0 Å². The summed E-state index contributed by atoms with van der Waals surface area (Å²) < 4.78 is 1.76. The fourth-order valence-electron chi connectivity index (χ4n) is 2.74. The number of rotatable bonds is 4. The van der Waals surface area contributed by atoms with Gasteiger partial charge in [-0.3, -0.25) is 4.68 Å². The van der Waals surface area contributed by atoms with E-state index in [0.29, 0.717) is 19.6 Å². The molecule has 3 unspecified atom stereocenters. The van der Waals surface area contributed by atoms with Gasteiger partial charge in [-0.15, -0.1) is 0 Å². The standard InChI is InChI=1S/C15H27N5O2/c1-11-5-6-20(10-14(11)21)15(22)16-8-13(18(2)3)12-7-17-19(4)9-12/h7,9,11,13-14,21H,5-6,8,10H2,1-4H3,(H,16,22). The lowest BCUT2D eigenvalue weighted by atomic mass is 9.96. The van der Waals surface area contributed by atoms with Crippen LogP contribution in [0.2, 0.25) is 0 Å². The molecule has 0 bridgehead atoms. The number of nitrogens with one attached hydrogen (secondary N) is 1. The van der Waals surface area contributed by atoms with Gasteiger partial charge >= 0.3 is 6.03 Å². The maximum absolute atomic E-state index is 12.3. The molecule has 2 rings (SSSR count). The summed E-state index contributed by atoms with van der Waals surface area (Å²) in [4.78, 5) is 16.0. The zero-order valence-corrected chi connectivity index (χ0v) is 13.9. The molecule has 7 heteroatoms. The summed E-state index contributed by atoms with van der Waals surface area (Å²) in [6.07, 6.45) is 4.20. The Kier molecular flexibility index (Phi) is 5.42. The maximum Gasteiger partial charge on any atom is 0.317 e. The number of aliphatic hydroxyl groups excluding tert-OH is 1. The van der Waals surface area contributed by atoms with Gasteiger partial charge in [0.05, 0.1) is 18.3 Å². The summed E-state index contributed by atoms with van der Waals surface area (Å²) in [5.41, 5.74) is 1.07. The van der Waals surface area contributed by atoms with E-state index in [2.05, 4.69) is 15.3 Å². The molecule has 0 radical (unpaired) electrons. The number of carbonyl (C=O) groups excluding carboxylic acids is 1. The van der Waals surface area contributed by atoms with E-state index in [4.69, 9.17) is 0 Å². The van der Waals surface area contributed by atoms with Crippen molar-refractivity contribution in [2.45, 2.75) is 25.5 Å². The van der Waals surface area contributed by atoms with Crippen LogP contribution in [0.4, 0.5) is 4.79 Å². The molecule has 0 aromatic carbocycles. The van der Waals surface area contributed by atoms with E-state index < -0.39 is 6.10 Å². The van der Waals surface area contributed by atoms with E-state index in [1.165, 1.54) is 0 Å². The predicted molar refractivity (Wildman–Crippen MR) is 84.4 cm³/mol. The summed E-state index contributed by atoms with van der Waals surface area (Å²) in [5.74, 6) is 0.258. The molecule has 1 aliphatic heterocycles. The fourth-order valence-corrected chi connectivity index (χ4v) is 2.74. The van der Waals surface area contributed by atoms with E-state index in [1.807, 2.05) is 40.5 Å². The average molecular weight is 309 g/mol. The third kappa shape index (κ3) is 3.98. The Morgan fingerprint density at radius 1 is 1.59 bits per heavy atom. The summed E-state index contributed by atoms with van der Waals surface area (Å²) in [6, 6.07) is -0.0343. The van der Waals surface area contributed by atoms with Crippen molar-refractivity contribution in [1.29, 1.82) is 0 Å². The number of nitrogens with zero attached hydrogens (tertiary/aromatic N) is 4. The third-order valence-electron chi connectivity index (χ3n) is 4.39. The summed E-state index contributed by atoms with van der Waals surface area (Å²) in [5, 5.41) is 17.1. The van der Waals surface area contributed by atoms with Crippen molar-refractivity contribution >= 4 is 6.03 Å². The Morgan fingerprint density at radius 3 is 2.86 bits per heavy atom. The second-order valence-corrected chi connectivity index (χ2v) is 6.39. The molecule has 1 saturated heterocycles. The highest BCUT2D eigenvalue weighted by Gasteiger charge is 2.27. The van der Waals surface area contributed by atoms with Crippen LogP contribution in [0, 0.1) is 5.92 Å². The van der Waals surface area contributed by atoms with Crippen molar-refractivity contribution in [3.63, 3.8) is 0 Å². The normalized spacial score (nSPS) is 23.6. The number of carbonyl (C=O) groups is 1. The van der Waals surface area contributed by atoms with Crippen LogP contribution >= 0.6 is 0 Å². The van der Waals surface area contributed by atoms with Gasteiger partial charge in [-0.2, -0.15) is 5.10 Å². The van der Waals surface area contributed by atoms with E-state index in [0.717, 1.165) is 12.0 Å². The first-order valence-electron chi connectivity index (χ1n) is 7.74. The van der Waals surface area contributed by atoms with Gasteiger partial charge in [0.2, 0.25) is 0 Å². The number of aromatic nitrogens is 2. The average Bonchev–Trinajstić information content (AvgIpc) is 2.88. The van der Waals surface area contributed by atoms with Gasteiger partial charge in [-0.25, -0.2) is 4.79 Å². The first-order chi connectivity index (χ1) is 10.4. The van der Waals surface area contributed by atoms with Gasteiger partial charge in [-0.1, -0.05) is 6.92 Å². The van der Waals surface area contributed by atoms with E-state index in [9.17, 15) is 9.90 Å². The Balaban J connectivity index is 1.91. The number of likely N-dealkylation sites (N-methyl/N-ethyl adjacent to an activating group) is 1. The first kappa shape index (κ1) is 16.8. The largest absolute Gasteiger partial charge is 0.391 e. The minimum Gasteiger partial charge on any atom is -0.391 e. The van der Waals surface area contributed by atoms with Crippen molar-refractivity contribution in [3.8, 4) is 0 Å². The van der Waals surface area contributed by atoms with Crippen LogP contribution < -0.4 is 5.32 Å². The molecular weight excluding hydrogens is 282 g/mol. The number of aliphatic hydroxyl groups is 1. The second kappa shape index (κ2) is 7.11. The Morgan fingerprint density at radius 2 is 2.32 bits per heavy atom.